The lowest BCUT2D eigenvalue weighted by atomic mass is 9.80. The highest BCUT2D eigenvalue weighted by Crippen LogP contribution is 2.21. The maximum Gasteiger partial charge on any atom is 0.338 e. The largest absolute Gasteiger partial charge is 0.462 e. The lowest BCUT2D eigenvalue weighted by Gasteiger charge is -2.29. The van der Waals surface area contributed by atoms with Gasteiger partial charge in [-0.25, -0.2) is 14.4 Å². The molecule has 1 N–H and O–H groups in total. The van der Waals surface area contributed by atoms with E-state index in [9.17, 15) is 14.4 Å². The fraction of sp³-hybridized carbons (Fsp3) is 0.154. The minimum absolute atomic E-state index is 0.117. The second-order valence-electron chi connectivity index (χ2n) is 7.58. The number of hydrogen-bond donors (Lipinski definition) is 1. The number of carbonyl (C=O) groups is 3. The molecule has 8 heteroatoms. The van der Waals surface area contributed by atoms with Crippen molar-refractivity contribution in [3.05, 3.63) is 108 Å². The van der Waals surface area contributed by atoms with Gasteiger partial charge in [-0.2, -0.15) is 0 Å². The Balaban J connectivity index is 1.76. The Morgan fingerprint density at radius 3 is 1.56 bits per heavy atom. The molecule has 0 aliphatic heterocycles. The van der Waals surface area contributed by atoms with Crippen molar-refractivity contribution in [3.63, 3.8) is 0 Å². The van der Waals surface area contributed by atoms with Crippen molar-refractivity contribution in [1.29, 1.82) is 5.41 Å². The van der Waals surface area contributed by atoms with Crippen LogP contribution in [0.3, 0.4) is 0 Å². The average Bonchev–Trinajstić information content (AvgIpc) is 2.90. The molecule has 3 atom stereocenters. The first kappa shape index (κ1) is 24.4. The van der Waals surface area contributed by atoms with Gasteiger partial charge in [-0.05, 0) is 36.4 Å². The SMILES string of the molecule is B[C@@H](COC(=O)c1ccccc1)[C@@H](OC(=O)c1ccccc1)[C@H](C=N)OC(=O)c1ccccc1. The van der Waals surface area contributed by atoms with Gasteiger partial charge in [0.25, 0.3) is 0 Å². The number of carbonyl (C=O) groups excluding carboxylic acids is 3. The maximum absolute atomic E-state index is 12.7. The molecule has 0 bridgehead atoms. The van der Waals surface area contributed by atoms with E-state index < -0.39 is 35.9 Å². The number of hydrogen-bond acceptors (Lipinski definition) is 7. The number of rotatable bonds is 10. The van der Waals surface area contributed by atoms with Crippen molar-refractivity contribution < 1.29 is 28.6 Å². The molecule has 172 valence electrons. The summed E-state index contributed by atoms with van der Waals surface area (Å²) in [6.45, 7) is -0.117. The van der Waals surface area contributed by atoms with E-state index in [1.54, 1.807) is 98.8 Å². The van der Waals surface area contributed by atoms with Crippen LogP contribution in [0.1, 0.15) is 31.1 Å². The molecule has 0 fully saturated rings. The molecule has 7 nitrogen and oxygen atoms in total. The van der Waals surface area contributed by atoms with Gasteiger partial charge in [0.1, 0.15) is 14.0 Å². The molecule has 0 aliphatic carbocycles. The third-order valence-corrected chi connectivity index (χ3v) is 5.04. The molecular weight excluding hydrogens is 433 g/mol. The van der Waals surface area contributed by atoms with Crippen LogP contribution in [0.2, 0.25) is 5.82 Å². The predicted molar refractivity (Wildman–Crippen MR) is 129 cm³/mol. The minimum Gasteiger partial charge on any atom is -0.462 e. The van der Waals surface area contributed by atoms with E-state index in [2.05, 4.69) is 0 Å². The monoisotopic (exact) mass is 457 g/mol. The minimum atomic E-state index is -1.19. The Kier molecular flexibility index (Phi) is 8.74. The normalized spacial score (nSPS) is 13.1. The van der Waals surface area contributed by atoms with E-state index >= 15 is 0 Å². The van der Waals surface area contributed by atoms with Crippen LogP contribution in [0.4, 0.5) is 0 Å². The fourth-order valence-corrected chi connectivity index (χ4v) is 3.19. The summed E-state index contributed by atoms with van der Waals surface area (Å²) in [6.07, 6.45) is -1.36. The first-order valence-electron chi connectivity index (χ1n) is 10.7. The summed E-state index contributed by atoms with van der Waals surface area (Å²) < 4.78 is 16.6. The summed E-state index contributed by atoms with van der Waals surface area (Å²) in [5.74, 6) is -2.43. The Morgan fingerprint density at radius 1 is 0.706 bits per heavy atom. The second kappa shape index (κ2) is 12.2. The van der Waals surface area contributed by atoms with Crippen molar-refractivity contribution in [1.82, 2.24) is 0 Å². The van der Waals surface area contributed by atoms with E-state index in [0.29, 0.717) is 16.7 Å². The second-order valence-corrected chi connectivity index (χ2v) is 7.58. The molecule has 34 heavy (non-hydrogen) atoms. The van der Waals surface area contributed by atoms with Crippen molar-refractivity contribution in [2.45, 2.75) is 18.0 Å². The summed E-state index contributed by atoms with van der Waals surface area (Å²) >= 11 is 0. The third kappa shape index (κ3) is 6.65. The van der Waals surface area contributed by atoms with Crippen molar-refractivity contribution >= 4 is 32.0 Å². The van der Waals surface area contributed by atoms with E-state index in [0.717, 1.165) is 6.21 Å². The topological polar surface area (TPSA) is 103 Å². The van der Waals surface area contributed by atoms with Gasteiger partial charge < -0.3 is 19.6 Å². The molecular formula is C26H24BNO6. The smallest absolute Gasteiger partial charge is 0.338 e. The lowest BCUT2D eigenvalue weighted by Crippen LogP contribution is -2.41. The Labute approximate surface area is 198 Å². The molecule has 3 aromatic carbocycles. The van der Waals surface area contributed by atoms with Crippen LogP contribution in [-0.4, -0.2) is 50.8 Å². The van der Waals surface area contributed by atoms with Crippen LogP contribution >= 0.6 is 0 Å². The van der Waals surface area contributed by atoms with E-state index in [-0.39, 0.29) is 6.61 Å². The zero-order valence-corrected chi connectivity index (χ0v) is 18.6. The maximum atomic E-state index is 12.7. The molecule has 3 aromatic rings. The van der Waals surface area contributed by atoms with Gasteiger partial charge >= 0.3 is 17.9 Å². The number of esters is 3. The van der Waals surface area contributed by atoms with Gasteiger partial charge in [-0.3, -0.25) is 0 Å². The highest BCUT2D eigenvalue weighted by molar-refractivity contribution is 6.12. The Morgan fingerprint density at radius 2 is 1.12 bits per heavy atom. The van der Waals surface area contributed by atoms with E-state index in [1.165, 1.54) is 0 Å². The van der Waals surface area contributed by atoms with Gasteiger partial charge in [-0.15, -0.1) is 0 Å². The molecule has 0 aromatic heterocycles. The first-order chi connectivity index (χ1) is 16.5. The van der Waals surface area contributed by atoms with Crippen molar-refractivity contribution in [2.24, 2.45) is 0 Å². The van der Waals surface area contributed by atoms with Crippen LogP contribution in [0.15, 0.2) is 91.0 Å². The summed E-state index contributed by atoms with van der Waals surface area (Å²) in [6, 6.07) is 25.1. The zero-order valence-electron chi connectivity index (χ0n) is 18.6. The fourth-order valence-electron chi connectivity index (χ4n) is 3.19. The highest BCUT2D eigenvalue weighted by atomic mass is 16.6. The van der Waals surface area contributed by atoms with Crippen LogP contribution in [0.5, 0.6) is 0 Å². The Bertz CT molecular complexity index is 1110. The molecule has 0 aliphatic rings. The molecule has 0 saturated carbocycles. The Hall–Kier alpha value is -4.20. The zero-order chi connectivity index (χ0) is 24.3. The van der Waals surface area contributed by atoms with Gasteiger partial charge in [0.05, 0.1) is 23.3 Å². The summed E-state index contributed by atoms with van der Waals surface area (Å²) in [7, 11) is 1.69. The van der Waals surface area contributed by atoms with Crippen LogP contribution in [0.25, 0.3) is 0 Å². The lowest BCUT2D eigenvalue weighted by molar-refractivity contribution is -0.0230. The number of ether oxygens (including phenoxy) is 3. The average molecular weight is 457 g/mol. The van der Waals surface area contributed by atoms with Gasteiger partial charge in [0, 0.05) is 12.0 Å². The molecule has 0 spiro atoms. The third-order valence-electron chi connectivity index (χ3n) is 5.04. The van der Waals surface area contributed by atoms with E-state index in [4.69, 9.17) is 19.6 Å². The molecule has 0 amide bonds. The summed E-state index contributed by atoms with van der Waals surface area (Å²) in [5, 5.41) is 7.84. The van der Waals surface area contributed by atoms with Gasteiger partial charge in [0.15, 0.2) is 6.10 Å². The molecule has 0 saturated heterocycles. The van der Waals surface area contributed by atoms with Crippen LogP contribution < -0.4 is 0 Å². The highest BCUT2D eigenvalue weighted by Gasteiger charge is 2.33. The predicted octanol–water partition coefficient (Wildman–Crippen LogP) is 3.37. The standard InChI is InChI=1S/C26H24BNO6/c27-21(17-32-24(29)18-10-4-1-5-11-18)23(34-26(31)20-14-8-3-9-15-20)22(16-28)33-25(30)19-12-6-2-7-13-19/h1-16,21-23,28H,17,27H2/t21-,22-,23+/m0/s1. The summed E-state index contributed by atoms with van der Waals surface area (Å²) in [4.78, 5) is 37.7. The van der Waals surface area contributed by atoms with Crippen LogP contribution in [0, 0.1) is 5.41 Å². The molecule has 3 rings (SSSR count). The van der Waals surface area contributed by atoms with Gasteiger partial charge in [-0.1, -0.05) is 54.6 Å². The molecule has 0 radical (unpaired) electrons. The summed E-state index contributed by atoms with van der Waals surface area (Å²) in [5.41, 5.74) is 0.983. The molecule has 0 heterocycles. The van der Waals surface area contributed by atoms with Gasteiger partial charge in [0.2, 0.25) is 0 Å². The van der Waals surface area contributed by atoms with E-state index in [1.807, 2.05) is 0 Å². The molecule has 0 unspecified atom stereocenters. The van der Waals surface area contributed by atoms with Crippen molar-refractivity contribution in [3.8, 4) is 0 Å². The van der Waals surface area contributed by atoms with Crippen LogP contribution in [-0.2, 0) is 14.2 Å². The quantitative estimate of drug-likeness (QED) is 0.217. The van der Waals surface area contributed by atoms with Crippen molar-refractivity contribution in [2.75, 3.05) is 6.61 Å². The number of nitrogens with one attached hydrogen (secondary N) is 1. The first-order valence-corrected chi connectivity index (χ1v) is 10.7. The number of benzene rings is 3.